The maximum atomic E-state index is 12.5. The molecule has 0 spiro atoms. The van der Waals surface area contributed by atoms with Gasteiger partial charge < -0.3 is 15.5 Å². The van der Waals surface area contributed by atoms with Gasteiger partial charge in [-0.2, -0.15) is 0 Å². The van der Waals surface area contributed by atoms with E-state index in [-0.39, 0.29) is 11.9 Å². The Bertz CT molecular complexity index is 765. The van der Waals surface area contributed by atoms with Gasteiger partial charge in [-0.15, -0.1) is 0 Å². The molecule has 0 aromatic heterocycles. The number of benzene rings is 2. The monoisotopic (exact) mass is 385 g/mol. The summed E-state index contributed by atoms with van der Waals surface area (Å²) in [4.78, 5) is 26.6. The molecule has 0 saturated carbocycles. The molecule has 6 heteroatoms. The fraction of sp³-hybridized carbons (Fsp3) is 0.333. The first kappa shape index (κ1) is 19.2. The zero-order valence-electron chi connectivity index (χ0n) is 15.2. The molecule has 0 bridgehead atoms. The molecule has 27 heavy (non-hydrogen) atoms. The van der Waals surface area contributed by atoms with Crippen LogP contribution in [0.5, 0.6) is 0 Å². The molecule has 3 amide bonds. The molecule has 2 aromatic carbocycles. The number of halogens is 1. The second-order valence-electron chi connectivity index (χ2n) is 6.66. The van der Waals surface area contributed by atoms with Gasteiger partial charge in [-0.3, -0.25) is 4.79 Å². The van der Waals surface area contributed by atoms with Gasteiger partial charge in [0.05, 0.1) is 0 Å². The number of hydrogen-bond acceptors (Lipinski definition) is 2. The molecule has 142 valence electrons. The Balaban J connectivity index is 1.46. The van der Waals surface area contributed by atoms with Crippen molar-refractivity contribution in [3.8, 4) is 0 Å². The van der Waals surface area contributed by atoms with Crippen molar-refractivity contribution in [1.29, 1.82) is 0 Å². The fourth-order valence-electron chi connectivity index (χ4n) is 3.26. The summed E-state index contributed by atoms with van der Waals surface area (Å²) in [6.45, 7) is 1.60. The lowest BCUT2D eigenvalue weighted by atomic mass is 10.1. The van der Waals surface area contributed by atoms with Crippen molar-refractivity contribution in [2.45, 2.75) is 31.8 Å². The summed E-state index contributed by atoms with van der Waals surface area (Å²) in [5.74, 6) is -0.0867. The zero-order chi connectivity index (χ0) is 19.1. The third-order valence-electron chi connectivity index (χ3n) is 4.73. The Kier molecular flexibility index (Phi) is 6.71. The molecule has 5 nitrogen and oxygen atoms in total. The van der Waals surface area contributed by atoms with Crippen LogP contribution in [0, 0.1) is 0 Å². The second kappa shape index (κ2) is 9.42. The van der Waals surface area contributed by atoms with E-state index in [4.69, 9.17) is 11.6 Å². The standard InChI is InChI=1S/C21H24ClN3O2/c22-18-10-8-16(9-11-18)12-13-23-20(26)19-7-4-14-25(19)21(27)24-15-17-5-2-1-3-6-17/h1-3,5-6,8-11,19H,4,7,12-15H2,(H,23,26)(H,24,27)/t19-/m1/s1. The molecule has 1 aliphatic rings. The minimum atomic E-state index is -0.397. The zero-order valence-corrected chi connectivity index (χ0v) is 15.9. The molecule has 0 unspecified atom stereocenters. The number of nitrogens with one attached hydrogen (secondary N) is 2. The number of nitrogens with zero attached hydrogens (tertiary/aromatic N) is 1. The molecule has 2 aromatic rings. The van der Waals surface area contributed by atoms with E-state index in [1.807, 2.05) is 54.6 Å². The molecule has 1 saturated heterocycles. The molecule has 1 aliphatic heterocycles. The van der Waals surface area contributed by atoms with Gasteiger partial charge in [0.2, 0.25) is 5.91 Å². The average Bonchev–Trinajstić information content (AvgIpc) is 3.18. The van der Waals surface area contributed by atoms with Gasteiger partial charge in [-0.25, -0.2) is 4.79 Å². The third-order valence-corrected chi connectivity index (χ3v) is 4.98. The summed E-state index contributed by atoms with van der Waals surface area (Å²) >= 11 is 5.88. The van der Waals surface area contributed by atoms with Gasteiger partial charge in [-0.05, 0) is 42.5 Å². The Morgan fingerprint density at radius 1 is 1.00 bits per heavy atom. The molecule has 1 heterocycles. The highest BCUT2D eigenvalue weighted by Crippen LogP contribution is 2.17. The lowest BCUT2D eigenvalue weighted by Crippen LogP contribution is -2.49. The lowest BCUT2D eigenvalue weighted by Gasteiger charge is -2.24. The summed E-state index contributed by atoms with van der Waals surface area (Å²) in [5, 5.41) is 6.56. The van der Waals surface area contributed by atoms with Crippen molar-refractivity contribution in [3.63, 3.8) is 0 Å². The highest BCUT2D eigenvalue weighted by atomic mass is 35.5. The SMILES string of the molecule is O=C(NCCc1ccc(Cl)cc1)[C@H]1CCCN1C(=O)NCc1ccccc1. The number of rotatable bonds is 6. The van der Waals surface area contributed by atoms with Crippen LogP contribution in [0.3, 0.4) is 0 Å². The van der Waals surface area contributed by atoms with Crippen LogP contribution in [0.1, 0.15) is 24.0 Å². The van der Waals surface area contributed by atoms with Crippen molar-refractivity contribution in [2.75, 3.05) is 13.1 Å². The first-order valence-corrected chi connectivity index (χ1v) is 9.62. The number of likely N-dealkylation sites (tertiary alicyclic amines) is 1. The number of urea groups is 1. The van der Waals surface area contributed by atoms with E-state index in [1.165, 1.54) is 0 Å². The predicted molar refractivity (Wildman–Crippen MR) is 107 cm³/mol. The summed E-state index contributed by atoms with van der Waals surface area (Å²) in [6, 6.07) is 16.7. The largest absolute Gasteiger partial charge is 0.354 e. The summed E-state index contributed by atoms with van der Waals surface area (Å²) in [6.07, 6.45) is 2.27. The van der Waals surface area contributed by atoms with Crippen LogP contribution in [0.4, 0.5) is 4.79 Å². The van der Waals surface area contributed by atoms with E-state index in [1.54, 1.807) is 4.90 Å². The molecule has 0 radical (unpaired) electrons. The van der Waals surface area contributed by atoms with Gasteiger partial charge in [-0.1, -0.05) is 54.1 Å². The maximum absolute atomic E-state index is 12.5. The molecule has 3 rings (SSSR count). The topological polar surface area (TPSA) is 61.4 Å². The first-order chi connectivity index (χ1) is 13.1. The Morgan fingerprint density at radius 3 is 2.48 bits per heavy atom. The van der Waals surface area contributed by atoms with E-state index in [0.29, 0.717) is 31.1 Å². The van der Waals surface area contributed by atoms with Gasteiger partial charge in [0, 0.05) is 24.7 Å². The Labute approximate surface area is 164 Å². The fourth-order valence-corrected chi connectivity index (χ4v) is 3.38. The number of amides is 3. The lowest BCUT2D eigenvalue weighted by molar-refractivity contribution is -0.124. The van der Waals surface area contributed by atoms with Gasteiger partial charge in [0.1, 0.15) is 6.04 Å². The molecule has 1 fully saturated rings. The summed E-state index contributed by atoms with van der Waals surface area (Å²) in [5.41, 5.74) is 2.15. The van der Waals surface area contributed by atoms with Crippen LogP contribution < -0.4 is 10.6 Å². The smallest absolute Gasteiger partial charge is 0.318 e. The normalized spacial score (nSPS) is 16.2. The third kappa shape index (κ3) is 5.47. The molecule has 2 N–H and O–H groups in total. The number of carbonyl (C=O) groups excluding carboxylic acids is 2. The first-order valence-electron chi connectivity index (χ1n) is 9.24. The van der Waals surface area contributed by atoms with Crippen molar-refractivity contribution >= 4 is 23.5 Å². The van der Waals surface area contributed by atoms with Gasteiger partial charge in [0.15, 0.2) is 0 Å². The van der Waals surface area contributed by atoms with Crippen LogP contribution in [-0.4, -0.2) is 36.0 Å². The van der Waals surface area contributed by atoms with E-state index >= 15 is 0 Å². The highest BCUT2D eigenvalue weighted by Gasteiger charge is 2.33. The quantitative estimate of drug-likeness (QED) is 0.800. The van der Waals surface area contributed by atoms with Crippen LogP contribution >= 0.6 is 11.6 Å². The van der Waals surface area contributed by atoms with E-state index in [2.05, 4.69) is 10.6 Å². The van der Waals surface area contributed by atoms with Crippen LogP contribution in [0.15, 0.2) is 54.6 Å². The van der Waals surface area contributed by atoms with Crippen molar-refractivity contribution in [3.05, 3.63) is 70.7 Å². The van der Waals surface area contributed by atoms with Crippen LogP contribution in [0.2, 0.25) is 5.02 Å². The molecular formula is C21H24ClN3O2. The van der Waals surface area contributed by atoms with Crippen LogP contribution in [0.25, 0.3) is 0 Å². The van der Waals surface area contributed by atoms with Crippen molar-refractivity contribution < 1.29 is 9.59 Å². The molecular weight excluding hydrogens is 362 g/mol. The average molecular weight is 386 g/mol. The highest BCUT2D eigenvalue weighted by molar-refractivity contribution is 6.30. The molecule has 0 aliphatic carbocycles. The predicted octanol–water partition coefficient (Wildman–Crippen LogP) is 3.37. The van der Waals surface area contributed by atoms with Gasteiger partial charge in [0.25, 0.3) is 0 Å². The van der Waals surface area contributed by atoms with E-state index in [9.17, 15) is 9.59 Å². The number of hydrogen-bond donors (Lipinski definition) is 2. The number of carbonyl (C=O) groups is 2. The summed E-state index contributed by atoms with van der Waals surface area (Å²) < 4.78 is 0. The minimum absolute atomic E-state index is 0.0867. The van der Waals surface area contributed by atoms with E-state index < -0.39 is 6.04 Å². The van der Waals surface area contributed by atoms with Crippen molar-refractivity contribution in [1.82, 2.24) is 15.5 Å². The minimum Gasteiger partial charge on any atom is -0.354 e. The maximum Gasteiger partial charge on any atom is 0.318 e. The van der Waals surface area contributed by atoms with E-state index in [0.717, 1.165) is 24.0 Å². The van der Waals surface area contributed by atoms with Crippen LogP contribution in [-0.2, 0) is 17.8 Å². The second-order valence-corrected chi connectivity index (χ2v) is 7.10. The Morgan fingerprint density at radius 2 is 1.74 bits per heavy atom. The molecule has 1 atom stereocenters. The van der Waals surface area contributed by atoms with Crippen molar-refractivity contribution in [2.24, 2.45) is 0 Å². The summed E-state index contributed by atoms with van der Waals surface area (Å²) in [7, 11) is 0. The van der Waals surface area contributed by atoms with Gasteiger partial charge >= 0.3 is 6.03 Å². The Hall–Kier alpha value is -2.53.